The van der Waals surface area contributed by atoms with Crippen LogP contribution in [-0.4, -0.2) is 10.1 Å². The lowest BCUT2D eigenvalue weighted by Crippen LogP contribution is -1.71. The maximum Gasteiger partial charge on any atom is 0.196 e. The zero-order valence-corrected chi connectivity index (χ0v) is 5.63. The van der Waals surface area contributed by atoms with Crippen molar-refractivity contribution in [1.82, 2.24) is 4.98 Å². The van der Waals surface area contributed by atoms with Crippen LogP contribution in [0, 0.1) is 5.82 Å². The molecule has 3 heteroatoms. The van der Waals surface area contributed by atoms with Crippen molar-refractivity contribution in [2.45, 2.75) is 0 Å². The summed E-state index contributed by atoms with van der Waals surface area (Å²) in [5.74, 6) is -0.307. The zero-order chi connectivity index (χ0) is 7.84. The lowest BCUT2D eigenvalue weighted by atomic mass is 10.2. The van der Waals surface area contributed by atoms with Crippen LogP contribution in [0.5, 0.6) is 5.88 Å². The Labute approximate surface area is 62.3 Å². The summed E-state index contributed by atoms with van der Waals surface area (Å²) in [4.78, 5) is 2.53. The average Bonchev–Trinajstić information content (AvgIpc) is 2.35. The third-order valence-electron chi connectivity index (χ3n) is 1.66. The number of hydrogen-bond donors (Lipinski definition) is 2. The van der Waals surface area contributed by atoms with Crippen LogP contribution in [0.15, 0.2) is 24.4 Å². The van der Waals surface area contributed by atoms with E-state index in [1.54, 1.807) is 12.1 Å². The maximum absolute atomic E-state index is 12.9. The van der Waals surface area contributed by atoms with Gasteiger partial charge >= 0.3 is 0 Å². The Morgan fingerprint density at radius 1 is 1.27 bits per heavy atom. The largest absolute Gasteiger partial charge is 0.494 e. The van der Waals surface area contributed by atoms with Crippen molar-refractivity contribution in [3.8, 4) is 5.88 Å². The van der Waals surface area contributed by atoms with E-state index in [-0.39, 0.29) is 11.7 Å². The van der Waals surface area contributed by atoms with Gasteiger partial charge in [-0.2, -0.15) is 0 Å². The molecule has 0 amide bonds. The molecule has 0 aliphatic carbocycles. The monoisotopic (exact) mass is 151 g/mol. The van der Waals surface area contributed by atoms with Crippen LogP contribution in [-0.2, 0) is 0 Å². The number of halogens is 1. The summed E-state index contributed by atoms with van der Waals surface area (Å²) in [6.45, 7) is 0. The summed E-state index contributed by atoms with van der Waals surface area (Å²) < 4.78 is 12.9. The van der Waals surface area contributed by atoms with Gasteiger partial charge in [-0.3, -0.25) is 0 Å². The fourth-order valence-corrected chi connectivity index (χ4v) is 1.11. The smallest absolute Gasteiger partial charge is 0.196 e. The lowest BCUT2D eigenvalue weighted by Gasteiger charge is -1.89. The molecule has 0 saturated heterocycles. The van der Waals surface area contributed by atoms with Crippen molar-refractivity contribution in [3.63, 3.8) is 0 Å². The molecular weight excluding hydrogens is 145 g/mol. The second-order valence-corrected chi connectivity index (χ2v) is 2.34. The number of aromatic amines is 1. The van der Waals surface area contributed by atoms with Crippen LogP contribution in [0.4, 0.5) is 4.39 Å². The van der Waals surface area contributed by atoms with E-state index in [2.05, 4.69) is 4.98 Å². The van der Waals surface area contributed by atoms with E-state index in [1.165, 1.54) is 12.3 Å². The zero-order valence-electron chi connectivity index (χ0n) is 5.63. The van der Waals surface area contributed by atoms with Gasteiger partial charge in [-0.05, 0) is 12.1 Å². The normalized spacial score (nSPS) is 10.6. The van der Waals surface area contributed by atoms with Crippen molar-refractivity contribution >= 4 is 10.8 Å². The molecule has 11 heavy (non-hydrogen) atoms. The molecule has 0 bridgehead atoms. The first-order valence-corrected chi connectivity index (χ1v) is 3.23. The summed E-state index contributed by atoms with van der Waals surface area (Å²) >= 11 is 0. The molecule has 56 valence electrons. The van der Waals surface area contributed by atoms with Gasteiger partial charge in [0.15, 0.2) is 5.88 Å². The predicted octanol–water partition coefficient (Wildman–Crippen LogP) is 2.01. The molecule has 0 fully saturated rings. The molecule has 2 aromatic rings. The molecule has 0 atom stereocenters. The number of aromatic nitrogens is 1. The second kappa shape index (κ2) is 1.99. The Morgan fingerprint density at radius 2 is 2.09 bits per heavy atom. The lowest BCUT2D eigenvalue weighted by molar-refractivity contribution is 0.462. The molecule has 1 heterocycles. The second-order valence-electron chi connectivity index (χ2n) is 2.34. The Balaban J connectivity index is 2.94. The molecule has 0 aliphatic heterocycles. The number of nitrogens with one attached hydrogen (secondary N) is 1. The molecule has 0 spiro atoms. The van der Waals surface area contributed by atoms with Crippen LogP contribution in [0.1, 0.15) is 0 Å². The van der Waals surface area contributed by atoms with Gasteiger partial charge in [0.25, 0.3) is 0 Å². The Hall–Kier alpha value is -1.51. The Morgan fingerprint density at radius 3 is 2.82 bits per heavy atom. The number of fused-ring (bicyclic) bond motifs is 1. The minimum Gasteiger partial charge on any atom is -0.494 e. The van der Waals surface area contributed by atoms with Gasteiger partial charge in [-0.1, -0.05) is 6.07 Å². The quantitative estimate of drug-likeness (QED) is 0.593. The van der Waals surface area contributed by atoms with Gasteiger partial charge in [0.2, 0.25) is 0 Å². The predicted molar refractivity (Wildman–Crippen MR) is 39.9 cm³/mol. The molecule has 0 unspecified atom stereocenters. The number of aromatic hydroxyl groups is 1. The molecule has 1 aromatic carbocycles. The first-order valence-electron chi connectivity index (χ1n) is 3.23. The summed E-state index contributed by atoms with van der Waals surface area (Å²) in [6, 6.07) is 4.57. The molecule has 0 aliphatic rings. The number of rotatable bonds is 0. The highest BCUT2D eigenvalue weighted by molar-refractivity contribution is 5.87. The van der Waals surface area contributed by atoms with Crippen molar-refractivity contribution in [2.24, 2.45) is 0 Å². The third kappa shape index (κ3) is 0.774. The molecule has 0 radical (unpaired) electrons. The van der Waals surface area contributed by atoms with Crippen molar-refractivity contribution < 1.29 is 9.50 Å². The van der Waals surface area contributed by atoms with Crippen LogP contribution in [0.3, 0.4) is 0 Å². The summed E-state index contributed by atoms with van der Waals surface area (Å²) in [5, 5.41) is 10.1. The first kappa shape index (κ1) is 6.22. The molecular formula is C8H6FNO. The topological polar surface area (TPSA) is 36.0 Å². The van der Waals surface area contributed by atoms with E-state index in [0.29, 0.717) is 10.8 Å². The summed E-state index contributed by atoms with van der Waals surface area (Å²) in [5.41, 5.74) is 0. The van der Waals surface area contributed by atoms with Crippen LogP contribution < -0.4 is 0 Å². The first-order chi connectivity index (χ1) is 5.29. The van der Waals surface area contributed by atoms with E-state index < -0.39 is 0 Å². The van der Waals surface area contributed by atoms with Gasteiger partial charge < -0.3 is 10.1 Å². The van der Waals surface area contributed by atoms with Crippen LogP contribution in [0.25, 0.3) is 10.8 Å². The third-order valence-corrected chi connectivity index (χ3v) is 1.66. The van der Waals surface area contributed by atoms with E-state index >= 15 is 0 Å². The number of hydrogen-bond acceptors (Lipinski definition) is 1. The molecule has 2 rings (SSSR count). The van der Waals surface area contributed by atoms with Gasteiger partial charge in [-0.15, -0.1) is 0 Å². The summed E-state index contributed by atoms with van der Waals surface area (Å²) in [6.07, 6.45) is 1.44. The van der Waals surface area contributed by atoms with E-state index in [1.807, 2.05) is 0 Å². The minimum absolute atomic E-state index is 0.0134. The SMILES string of the molecule is Oc1[nH]cc2c(F)cccc12. The van der Waals surface area contributed by atoms with Gasteiger partial charge in [0.1, 0.15) is 5.82 Å². The maximum atomic E-state index is 12.9. The van der Waals surface area contributed by atoms with Crippen LogP contribution in [0.2, 0.25) is 0 Å². The van der Waals surface area contributed by atoms with Crippen molar-refractivity contribution in [2.75, 3.05) is 0 Å². The fraction of sp³-hybridized carbons (Fsp3) is 0. The molecule has 2 nitrogen and oxygen atoms in total. The van der Waals surface area contributed by atoms with Gasteiger partial charge in [-0.25, -0.2) is 4.39 Å². The van der Waals surface area contributed by atoms with Crippen molar-refractivity contribution in [1.29, 1.82) is 0 Å². The number of H-pyrrole nitrogens is 1. The van der Waals surface area contributed by atoms with Gasteiger partial charge in [0.05, 0.1) is 0 Å². The van der Waals surface area contributed by atoms with E-state index in [0.717, 1.165) is 0 Å². The minimum atomic E-state index is -0.320. The van der Waals surface area contributed by atoms with Gasteiger partial charge in [0, 0.05) is 17.0 Å². The standard InChI is InChI=1S/C8H6FNO/c9-7-3-1-2-5-6(7)4-10-8(5)11/h1-4,10-11H. The number of benzene rings is 1. The molecule has 0 saturated carbocycles. The Bertz CT molecular complexity index is 394. The Kier molecular flexibility index (Phi) is 1.12. The molecule has 2 N–H and O–H groups in total. The van der Waals surface area contributed by atoms with E-state index in [9.17, 15) is 4.39 Å². The van der Waals surface area contributed by atoms with Crippen molar-refractivity contribution in [3.05, 3.63) is 30.2 Å². The highest BCUT2D eigenvalue weighted by atomic mass is 19.1. The summed E-state index contributed by atoms with van der Waals surface area (Å²) in [7, 11) is 0. The van der Waals surface area contributed by atoms with Crippen LogP contribution >= 0.6 is 0 Å². The highest BCUT2D eigenvalue weighted by Gasteiger charge is 2.04. The fourth-order valence-electron chi connectivity index (χ4n) is 1.11. The highest BCUT2D eigenvalue weighted by Crippen LogP contribution is 2.24. The average molecular weight is 151 g/mol. The van der Waals surface area contributed by atoms with E-state index in [4.69, 9.17) is 5.11 Å². The molecule has 1 aromatic heterocycles.